The maximum atomic E-state index is 12.7. The van der Waals surface area contributed by atoms with E-state index in [2.05, 4.69) is 10.0 Å². The Bertz CT molecular complexity index is 915. The molecule has 0 aliphatic heterocycles. The summed E-state index contributed by atoms with van der Waals surface area (Å²) < 4.78 is 37.8. The Labute approximate surface area is 157 Å². The first-order valence-corrected chi connectivity index (χ1v) is 9.54. The Morgan fingerprint density at radius 1 is 1.19 bits per heavy atom. The van der Waals surface area contributed by atoms with Crippen molar-refractivity contribution in [1.82, 2.24) is 0 Å². The summed E-state index contributed by atoms with van der Waals surface area (Å²) in [7, 11) is -2.49. The first-order valence-electron chi connectivity index (χ1n) is 7.68. The summed E-state index contributed by atoms with van der Waals surface area (Å²) in [5, 5.41) is 2.91. The van der Waals surface area contributed by atoms with Crippen molar-refractivity contribution in [3.8, 4) is 5.75 Å². The van der Waals surface area contributed by atoms with Gasteiger partial charge in [0.25, 0.3) is 10.0 Å². The van der Waals surface area contributed by atoms with E-state index in [1.54, 1.807) is 32.0 Å². The van der Waals surface area contributed by atoms with Gasteiger partial charge in [0.15, 0.2) is 0 Å². The fourth-order valence-corrected chi connectivity index (χ4v) is 3.47. The summed E-state index contributed by atoms with van der Waals surface area (Å²) >= 11 is 6.03. The molecule has 2 aromatic carbocycles. The van der Waals surface area contributed by atoms with Gasteiger partial charge in [-0.1, -0.05) is 17.7 Å². The zero-order valence-electron chi connectivity index (χ0n) is 14.5. The lowest BCUT2D eigenvalue weighted by Gasteiger charge is -2.14. The van der Waals surface area contributed by atoms with Gasteiger partial charge in [0.2, 0.25) is 0 Å². The lowest BCUT2D eigenvalue weighted by atomic mass is 10.2. The lowest BCUT2D eigenvalue weighted by molar-refractivity contribution is 0.168. The van der Waals surface area contributed by atoms with Gasteiger partial charge in [0.05, 0.1) is 30.0 Å². The van der Waals surface area contributed by atoms with E-state index in [-0.39, 0.29) is 17.2 Å². The van der Waals surface area contributed by atoms with E-state index in [1.165, 1.54) is 25.3 Å². The molecule has 1 amide bonds. The third-order valence-corrected chi connectivity index (χ3v) is 5.28. The molecule has 0 aliphatic carbocycles. The number of ether oxygens (including phenoxy) is 2. The van der Waals surface area contributed by atoms with Gasteiger partial charge in [-0.25, -0.2) is 13.2 Å². The zero-order valence-corrected chi connectivity index (χ0v) is 16.1. The maximum Gasteiger partial charge on any atom is 0.411 e. The predicted octanol–water partition coefficient (Wildman–Crippen LogP) is 4.03. The van der Waals surface area contributed by atoms with Crippen LogP contribution >= 0.6 is 11.6 Å². The number of hydrogen-bond acceptors (Lipinski definition) is 5. The van der Waals surface area contributed by atoms with Crippen LogP contribution in [0, 0.1) is 6.92 Å². The number of halogens is 1. The van der Waals surface area contributed by atoms with Crippen molar-refractivity contribution in [2.75, 3.05) is 23.8 Å². The van der Waals surface area contributed by atoms with Crippen LogP contribution in [0.3, 0.4) is 0 Å². The number of methoxy groups -OCH3 is 1. The molecule has 0 fully saturated rings. The summed E-state index contributed by atoms with van der Waals surface area (Å²) in [5.74, 6) is 0.302. The molecule has 26 heavy (non-hydrogen) atoms. The van der Waals surface area contributed by atoms with Crippen molar-refractivity contribution in [2.45, 2.75) is 18.7 Å². The molecule has 0 saturated carbocycles. The average Bonchev–Trinajstić information content (AvgIpc) is 2.59. The standard InChI is InChI=1S/C17H19ClN2O5S/c1-4-25-17(21)19-15-10-12(8-9-16(15)24-3)26(22,23)20-14-7-5-6-13(18)11(14)2/h5-10,20H,4H2,1-3H3,(H,19,21). The van der Waals surface area contributed by atoms with Crippen LogP contribution in [0.25, 0.3) is 0 Å². The number of carbonyl (C=O) groups is 1. The third kappa shape index (κ3) is 4.59. The molecule has 0 atom stereocenters. The monoisotopic (exact) mass is 398 g/mol. The highest BCUT2D eigenvalue weighted by Gasteiger charge is 2.19. The smallest absolute Gasteiger partial charge is 0.411 e. The van der Waals surface area contributed by atoms with Crippen LogP contribution in [-0.4, -0.2) is 28.2 Å². The van der Waals surface area contributed by atoms with Gasteiger partial charge >= 0.3 is 6.09 Å². The second-order valence-corrected chi connectivity index (χ2v) is 7.32. The number of benzene rings is 2. The Hall–Kier alpha value is -2.45. The van der Waals surface area contributed by atoms with Gasteiger partial charge in [-0.3, -0.25) is 10.0 Å². The first-order chi connectivity index (χ1) is 12.3. The summed E-state index contributed by atoms with van der Waals surface area (Å²) in [6.07, 6.45) is -0.709. The van der Waals surface area contributed by atoms with Gasteiger partial charge in [-0.05, 0) is 49.7 Å². The highest BCUT2D eigenvalue weighted by molar-refractivity contribution is 7.92. The van der Waals surface area contributed by atoms with Crippen molar-refractivity contribution < 1.29 is 22.7 Å². The molecule has 2 aromatic rings. The van der Waals surface area contributed by atoms with Crippen molar-refractivity contribution in [1.29, 1.82) is 0 Å². The van der Waals surface area contributed by atoms with E-state index in [9.17, 15) is 13.2 Å². The maximum absolute atomic E-state index is 12.7. The van der Waals surface area contributed by atoms with Gasteiger partial charge in [0.1, 0.15) is 5.75 Å². The Balaban J connectivity index is 2.37. The van der Waals surface area contributed by atoms with Crippen molar-refractivity contribution in [3.63, 3.8) is 0 Å². The molecule has 7 nitrogen and oxygen atoms in total. The number of rotatable bonds is 6. The van der Waals surface area contributed by atoms with Crippen LogP contribution in [0.4, 0.5) is 16.2 Å². The lowest BCUT2D eigenvalue weighted by Crippen LogP contribution is -2.16. The van der Waals surface area contributed by atoms with Crippen molar-refractivity contribution >= 4 is 39.1 Å². The molecule has 0 unspecified atom stereocenters. The molecule has 0 spiro atoms. The van der Waals surface area contributed by atoms with E-state index in [0.717, 1.165) is 0 Å². The topological polar surface area (TPSA) is 93.7 Å². The number of nitrogens with one attached hydrogen (secondary N) is 2. The molecular formula is C17H19ClN2O5S. The van der Waals surface area contributed by atoms with E-state index < -0.39 is 16.1 Å². The second kappa shape index (κ2) is 8.29. The minimum atomic E-state index is -3.90. The number of amides is 1. The van der Waals surface area contributed by atoms with Crippen LogP contribution in [0.2, 0.25) is 5.02 Å². The molecule has 9 heteroatoms. The van der Waals surface area contributed by atoms with Crippen LogP contribution < -0.4 is 14.8 Å². The molecule has 2 N–H and O–H groups in total. The molecule has 0 aromatic heterocycles. The predicted molar refractivity (Wildman–Crippen MR) is 101 cm³/mol. The highest BCUT2D eigenvalue weighted by atomic mass is 35.5. The second-order valence-electron chi connectivity index (χ2n) is 5.23. The molecular weight excluding hydrogens is 380 g/mol. The van der Waals surface area contributed by atoms with Gasteiger partial charge in [0, 0.05) is 5.02 Å². The fourth-order valence-electron chi connectivity index (χ4n) is 2.15. The normalized spacial score (nSPS) is 10.9. The molecule has 0 radical (unpaired) electrons. The number of anilines is 2. The average molecular weight is 399 g/mol. The number of sulfonamides is 1. The summed E-state index contributed by atoms with van der Waals surface area (Å²) in [5.41, 5.74) is 1.15. The Morgan fingerprint density at radius 2 is 1.92 bits per heavy atom. The van der Waals surface area contributed by atoms with Crippen LogP contribution in [-0.2, 0) is 14.8 Å². The SMILES string of the molecule is CCOC(=O)Nc1cc(S(=O)(=O)Nc2cccc(Cl)c2C)ccc1OC. The van der Waals surface area contributed by atoms with Crippen LogP contribution in [0.15, 0.2) is 41.3 Å². The zero-order chi connectivity index (χ0) is 19.3. The Morgan fingerprint density at radius 3 is 2.58 bits per heavy atom. The number of hydrogen-bond donors (Lipinski definition) is 2. The van der Waals surface area contributed by atoms with Crippen molar-refractivity contribution in [2.24, 2.45) is 0 Å². The van der Waals surface area contributed by atoms with E-state index >= 15 is 0 Å². The van der Waals surface area contributed by atoms with E-state index in [0.29, 0.717) is 22.0 Å². The minimum absolute atomic E-state index is 0.0514. The molecule has 0 aliphatic rings. The summed E-state index contributed by atoms with van der Waals surface area (Å²) in [6.45, 7) is 3.55. The minimum Gasteiger partial charge on any atom is -0.495 e. The Kier molecular flexibility index (Phi) is 6.33. The molecule has 140 valence electrons. The first kappa shape index (κ1) is 19.9. The van der Waals surface area contributed by atoms with E-state index in [1.807, 2.05) is 0 Å². The quantitative estimate of drug-likeness (QED) is 0.766. The largest absolute Gasteiger partial charge is 0.495 e. The van der Waals surface area contributed by atoms with E-state index in [4.69, 9.17) is 21.1 Å². The van der Waals surface area contributed by atoms with Crippen LogP contribution in [0.1, 0.15) is 12.5 Å². The van der Waals surface area contributed by atoms with Crippen molar-refractivity contribution in [3.05, 3.63) is 47.0 Å². The summed E-state index contributed by atoms with van der Waals surface area (Å²) in [4.78, 5) is 11.6. The van der Waals surface area contributed by atoms with Gasteiger partial charge < -0.3 is 9.47 Å². The van der Waals surface area contributed by atoms with Gasteiger partial charge in [-0.2, -0.15) is 0 Å². The molecule has 0 heterocycles. The van der Waals surface area contributed by atoms with Crippen LogP contribution in [0.5, 0.6) is 5.75 Å². The third-order valence-electron chi connectivity index (χ3n) is 3.51. The van der Waals surface area contributed by atoms with Gasteiger partial charge in [-0.15, -0.1) is 0 Å². The molecule has 0 saturated heterocycles. The number of carbonyl (C=O) groups excluding carboxylic acids is 1. The molecule has 2 rings (SSSR count). The highest BCUT2D eigenvalue weighted by Crippen LogP contribution is 2.30. The summed E-state index contributed by atoms with van der Waals surface area (Å²) in [6, 6.07) is 9.04. The fraction of sp³-hybridized carbons (Fsp3) is 0.235. The molecule has 0 bridgehead atoms.